The summed E-state index contributed by atoms with van der Waals surface area (Å²) in [6.07, 6.45) is 3.22. The Bertz CT molecular complexity index is 835. The van der Waals surface area contributed by atoms with Crippen LogP contribution in [0.25, 0.3) is 11.0 Å². The minimum absolute atomic E-state index is 0.261. The Hall–Kier alpha value is -2.66. The molecule has 0 aliphatic rings. The number of hydrogen-bond acceptors (Lipinski definition) is 4. The summed E-state index contributed by atoms with van der Waals surface area (Å²) >= 11 is 5.92. The molecular formula is C15H11ClN4O. The molecule has 0 saturated heterocycles. The molecule has 0 aliphatic heterocycles. The molecule has 2 aromatic carbocycles. The maximum absolute atomic E-state index is 12.2. The van der Waals surface area contributed by atoms with E-state index in [1.54, 1.807) is 48.8 Å². The van der Waals surface area contributed by atoms with Crippen molar-refractivity contribution in [3.8, 4) is 0 Å². The molecule has 1 heterocycles. The normalized spacial score (nSPS) is 10.5. The Morgan fingerprint density at radius 2 is 1.86 bits per heavy atom. The number of nitrogens with two attached hydrogens (primary N) is 1. The molecule has 0 atom stereocenters. The summed E-state index contributed by atoms with van der Waals surface area (Å²) in [6, 6.07) is 10.2. The van der Waals surface area contributed by atoms with E-state index in [0.717, 1.165) is 5.52 Å². The molecule has 3 aromatic rings. The van der Waals surface area contributed by atoms with E-state index in [1.807, 2.05) is 0 Å². The zero-order chi connectivity index (χ0) is 14.8. The first-order chi connectivity index (χ1) is 10.1. The fraction of sp³-hybridized carbons (Fsp3) is 0. The number of nitrogens with one attached hydrogen (secondary N) is 1. The van der Waals surface area contributed by atoms with E-state index in [9.17, 15) is 4.79 Å². The van der Waals surface area contributed by atoms with Gasteiger partial charge in [0.1, 0.15) is 0 Å². The van der Waals surface area contributed by atoms with Crippen molar-refractivity contribution in [3.63, 3.8) is 0 Å². The number of rotatable bonds is 2. The highest BCUT2D eigenvalue weighted by Gasteiger charge is 2.12. The van der Waals surface area contributed by atoms with Gasteiger partial charge in [-0.25, -0.2) is 0 Å². The summed E-state index contributed by atoms with van der Waals surface area (Å²) in [5.74, 6) is -0.321. The average molecular weight is 299 g/mol. The van der Waals surface area contributed by atoms with Gasteiger partial charge in [-0.2, -0.15) is 0 Å². The van der Waals surface area contributed by atoms with E-state index in [0.29, 0.717) is 21.8 Å². The van der Waals surface area contributed by atoms with Crippen LogP contribution in [-0.4, -0.2) is 15.9 Å². The fourth-order valence-electron chi connectivity index (χ4n) is 1.97. The summed E-state index contributed by atoms with van der Waals surface area (Å²) in [5, 5.41) is 3.13. The molecule has 1 aromatic heterocycles. The Morgan fingerprint density at radius 3 is 2.67 bits per heavy atom. The lowest BCUT2D eigenvalue weighted by Crippen LogP contribution is -2.14. The quantitative estimate of drug-likeness (QED) is 0.712. The van der Waals surface area contributed by atoms with Gasteiger partial charge in [-0.1, -0.05) is 17.7 Å². The molecular weight excluding hydrogens is 288 g/mol. The van der Waals surface area contributed by atoms with Crippen molar-refractivity contribution in [1.29, 1.82) is 0 Å². The first-order valence-electron chi connectivity index (χ1n) is 6.21. The molecule has 0 spiro atoms. The molecule has 0 fully saturated rings. The average Bonchev–Trinajstić information content (AvgIpc) is 2.50. The molecule has 0 aliphatic carbocycles. The van der Waals surface area contributed by atoms with E-state index >= 15 is 0 Å². The van der Waals surface area contributed by atoms with Crippen LogP contribution in [0.15, 0.2) is 48.8 Å². The summed E-state index contributed by atoms with van der Waals surface area (Å²) in [5.41, 5.74) is 8.49. The van der Waals surface area contributed by atoms with E-state index in [1.165, 1.54) is 0 Å². The zero-order valence-electron chi connectivity index (χ0n) is 10.9. The van der Waals surface area contributed by atoms with Crippen LogP contribution in [0.3, 0.4) is 0 Å². The summed E-state index contributed by atoms with van der Waals surface area (Å²) in [4.78, 5) is 20.6. The van der Waals surface area contributed by atoms with E-state index in [4.69, 9.17) is 17.3 Å². The smallest absolute Gasteiger partial charge is 0.257 e. The predicted molar refractivity (Wildman–Crippen MR) is 83.4 cm³/mol. The van der Waals surface area contributed by atoms with Gasteiger partial charge in [-0.15, -0.1) is 0 Å². The van der Waals surface area contributed by atoms with Gasteiger partial charge in [-0.3, -0.25) is 14.8 Å². The molecule has 0 saturated carbocycles. The number of amides is 1. The largest absolute Gasteiger partial charge is 0.397 e. The van der Waals surface area contributed by atoms with Crippen LogP contribution < -0.4 is 11.1 Å². The zero-order valence-corrected chi connectivity index (χ0v) is 11.6. The number of nitrogens with zero attached hydrogens (tertiary/aromatic N) is 2. The highest BCUT2D eigenvalue weighted by molar-refractivity contribution is 6.34. The third-order valence-electron chi connectivity index (χ3n) is 3.02. The van der Waals surface area contributed by atoms with Crippen LogP contribution in [0.1, 0.15) is 10.4 Å². The lowest BCUT2D eigenvalue weighted by Gasteiger charge is -2.09. The second-order valence-electron chi connectivity index (χ2n) is 4.42. The summed E-state index contributed by atoms with van der Waals surface area (Å²) in [6.45, 7) is 0. The molecule has 5 nitrogen and oxygen atoms in total. The number of halogens is 1. The lowest BCUT2D eigenvalue weighted by molar-refractivity contribution is 0.102. The van der Waals surface area contributed by atoms with Crippen LogP contribution in [0, 0.1) is 0 Å². The molecule has 0 radical (unpaired) electrons. The molecule has 6 heteroatoms. The highest BCUT2D eigenvalue weighted by Crippen LogP contribution is 2.23. The van der Waals surface area contributed by atoms with Gasteiger partial charge in [0.15, 0.2) is 0 Å². The standard InChI is InChI=1S/C15H11ClN4O/c16-11-3-1-2-10(14(11)17)15(21)20-9-4-5-12-13(8-9)19-7-6-18-12/h1-8H,17H2,(H,20,21). The summed E-state index contributed by atoms with van der Waals surface area (Å²) < 4.78 is 0. The molecule has 0 bridgehead atoms. The van der Waals surface area contributed by atoms with Crippen LogP contribution >= 0.6 is 11.6 Å². The Kier molecular flexibility index (Phi) is 3.41. The number of hydrogen-bond donors (Lipinski definition) is 2. The van der Waals surface area contributed by atoms with Crippen molar-refractivity contribution in [1.82, 2.24) is 9.97 Å². The predicted octanol–water partition coefficient (Wildman–Crippen LogP) is 3.12. The highest BCUT2D eigenvalue weighted by atomic mass is 35.5. The van der Waals surface area contributed by atoms with E-state index in [2.05, 4.69) is 15.3 Å². The Morgan fingerprint density at radius 1 is 1.10 bits per heavy atom. The topological polar surface area (TPSA) is 80.9 Å². The number of benzene rings is 2. The fourth-order valence-corrected chi connectivity index (χ4v) is 2.15. The van der Waals surface area contributed by atoms with Gasteiger partial charge < -0.3 is 11.1 Å². The van der Waals surface area contributed by atoms with Gasteiger partial charge in [0.05, 0.1) is 27.3 Å². The third-order valence-corrected chi connectivity index (χ3v) is 3.35. The lowest BCUT2D eigenvalue weighted by atomic mass is 10.1. The second kappa shape index (κ2) is 5.38. The van der Waals surface area contributed by atoms with Crippen molar-refractivity contribution >= 4 is 39.9 Å². The molecule has 3 rings (SSSR count). The Labute approximate surface area is 125 Å². The van der Waals surface area contributed by atoms with Gasteiger partial charge in [0, 0.05) is 18.1 Å². The number of anilines is 2. The number of carbonyl (C=O) groups excluding carboxylic acids is 1. The summed E-state index contributed by atoms with van der Waals surface area (Å²) in [7, 11) is 0. The van der Waals surface area contributed by atoms with Gasteiger partial charge >= 0.3 is 0 Å². The Balaban J connectivity index is 1.91. The first-order valence-corrected chi connectivity index (χ1v) is 6.59. The maximum Gasteiger partial charge on any atom is 0.257 e. The van der Waals surface area contributed by atoms with Crippen molar-refractivity contribution < 1.29 is 4.79 Å². The minimum Gasteiger partial charge on any atom is -0.397 e. The monoisotopic (exact) mass is 298 g/mol. The molecule has 104 valence electrons. The molecule has 0 unspecified atom stereocenters. The third kappa shape index (κ3) is 2.64. The van der Waals surface area contributed by atoms with Crippen LogP contribution in [0.4, 0.5) is 11.4 Å². The van der Waals surface area contributed by atoms with Crippen molar-refractivity contribution in [2.24, 2.45) is 0 Å². The van der Waals surface area contributed by atoms with Crippen LogP contribution in [0.2, 0.25) is 5.02 Å². The first kappa shape index (κ1) is 13.3. The van der Waals surface area contributed by atoms with Crippen LogP contribution in [-0.2, 0) is 0 Å². The van der Waals surface area contributed by atoms with Crippen molar-refractivity contribution in [3.05, 3.63) is 59.4 Å². The number of fused-ring (bicyclic) bond motifs is 1. The van der Waals surface area contributed by atoms with Gasteiger partial charge in [0.25, 0.3) is 5.91 Å². The van der Waals surface area contributed by atoms with Gasteiger partial charge in [-0.05, 0) is 30.3 Å². The molecule has 21 heavy (non-hydrogen) atoms. The van der Waals surface area contributed by atoms with Crippen molar-refractivity contribution in [2.75, 3.05) is 11.1 Å². The number of para-hydroxylation sites is 1. The molecule has 3 N–H and O–H groups in total. The molecule has 1 amide bonds. The second-order valence-corrected chi connectivity index (χ2v) is 4.82. The van der Waals surface area contributed by atoms with Crippen LogP contribution in [0.5, 0.6) is 0 Å². The maximum atomic E-state index is 12.2. The number of carbonyl (C=O) groups is 1. The van der Waals surface area contributed by atoms with E-state index < -0.39 is 0 Å². The van der Waals surface area contributed by atoms with Crippen molar-refractivity contribution in [2.45, 2.75) is 0 Å². The SMILES string of the molecule is Nc1c(Cl)cccc1C(=O)Nc1ccc2nccnc2c1. The van der Waals surface area contributed by atoms with E-state index in [-0.39, 0.29) is 11.6 Å². The number of nitrogen functional groups attached to an aromatic ring is 1. The van der Waals surface area contributed by atoms with Gasteiger partial charge in [0.2, 0.25) is 0 Å². The number of aromatic nitrogens is 2. The minimum atomic E-state index is -0.321.